The van der Waals surface area contributed by atoms with Gasteiger partial charge in [0.2, 0.25) is 5.91 Å². The quantitative estimate of drug-likeness (QED) is 0.886. The van der Waals surface area contributed by atoms with Crippen molar-refractivity contribution in [2.24, 2.45) is 11.7 Å². The summed E-state index contributed by atoms with van der Waals surface area (Å²) in [5.74, 6) is 0.955. The molecule has 1 aromatic rings. The first-order chi connectivity index (χ1) is 10.5. The molecular weight excluding hydrogens is 282 g/mol. The molecule has 0 bridgehead atoms. The maximum absolute atomic E-state index is 11.9. The standard InChI is InChI=1S/C16H23N3O3/c1-11-7-8-13(12-5-3-4-6-14(12)22-2)19(9-11)10-15(20)18-16(17)21/h3-6,11,13H,7-10H2,1-2H3,(H3,17,18,20,21)/t11-,13+/m0/s1. The van der Waals surface area contributed by atoms with Gasteiger partial charge in [-0.3, -0.25) is 15.0 Å². The van der Waals surface area contributed by atoms with Crippen LogP contribution >= 0.6 is 0 Å². The number of hydrogen-bond donors (Lipinski definition) is 2. The van der Waals surface area contributed by atoms with Gasteiger partial charge in [-0.2, -0.15) is 0 Å². The fourth-order valence-electron chi connectivity index (χ4n) is 3.07. The number of likely N-dealkylation sites (tertiary alicyclic amines) is 1. The molecule has 0 spiro atoms. The predicted octanol–water partition coefficient (Wildman–Crippen LogP) is 1.66. The van der Waals surface area contributed by atoms with Gasteiger partial charge in [-0.15, -0.1) is 0 Å². The van der Waals surface area contributed by atoms with E-state index in [-0.39, 0.29) is 18.5 Å². The lowest BCUT2D eigenvalue weighted by atomic mass is 9.89. The molecule has 0 radical (unpaired) electrons. The fraction of sp³-hybridized carbons (Fsp3) is 0.500. The lowest BCUT2D eigenvalue weighted by Crippen LogP contribution is -2.46. The first-order valence-electron chi connectivity index (χ1n) is 7.47. The number of carbonyl (C=O) groups excluding carboxylic acids is 2. The summed E-state index contributed by atoms with van der Waals surface area (Å²) in [4.78, 5) is 24.8. The summed E-state index contributed by atoms with van der Waals surface area (Å²) in [6.07, 6.45) is 2.04. The molecule has 2 atom stereocenters. The van der Waals surface area contributed by atoms with Crippen molar-refractivity contribution in [1.29, 1.82) is 0 Å². The summed E-state index contributed by atoms with van der Waals surface area (Å²) in [6.45, 7) is 3.11. The lowest BCUT2D eigenvalue weighted by molar-refractivity contribution is -0.122. The van der Waals surface area contributed by atoms with Gasteiger partial charge in [0.15, 0.2) is 0 Å². The molecule has 6 nitrogen and oxygen atoms in total. The van der Waals surface area contributed by atoms with Gasteiger partial charge in [0.05, 0.1) is 13.7 Å². The Hall–Kier alpha value is -2.08. The Kier molecular flexibility index (Phi) is 5.38. The van der Waals surface area contributed by atoms with Crippen LogP contribution in [0.3, 0.4) is 0 Å². The zero-order valence-electron chi connectivity index (χ0n) is 13.0. The molecular formula is C16H23N3O3. The zero-order valence-corrected chi connectivity index (χ0v) is 13.0. The molecule has 1 aromatic carbocycles. The number of piperidine rings is 1. The van der Waals surface area contributed by atoms with E-state index in [1.54, 1.807) is 7.11 Å². The number of nitrogens with two attached hydrogens (primary N) is 1. The van der Waals surface area contributed by atoms with Crippen LogP contribution in [0.25, 0.3) is 0 Å². The molecule has 0 saturated carbocycles. The number of carbonyl (C=O) groups is 2. The molecule has 6 heteroatoms. The van der Waals surface area contributed by atoms with Crippen LogP contribution in [0.15, 0.2) is 24.3 Å². The van der Waals surface area contributed by atoms with Crippen molar-refractivity contribution in [1.82, 2.24) is 10.2 Å². The topological polar surface area (TPSA) is 84.7 Å². The lowest BCUT2D eigenvalue weighted by Gasteiger charge is -2.38. The number of nitrogens with zero attached hydrogens (tertiary/aromatic N) is 1. The molecule has 1 fully saturated rings. The molecule has 3 amide bonds. The van der Waals surface area contributed by atoms with Crippen molar-refractivity contribution in [3.63, 3.8) is 0 Å². The van der Waals surface area contributed by atoms with Crippen molar-refractivity contribution in [2.75, 3.05) is 20.2 Å². The first-order valence-corrected chi connectivity index (χ1v) is 7.47. The van der Waals surface area contributed by atoms with E-state index in [2.05, 4.69) is 17.1 Å². The van der Waals surface area contributed by atoms with E-state index >= 15 is 0 Å². The average Bonchev–Trinajstić information content (AvgIpc) is 2.46. The second kappa shape index (κ2) is 7.26. The van der Waals surface area contributed by atoms with Crippen LogP contribution in [0.2, 0.25) is 0 Å². The van der Waals surface area contributed by atoms with E-state index in [0.717, 1.165) is 30.7 Å². The van der Waals surface area contributed by atoms with Crippen LogP contribution in [0, 0.1) is 5.92 Å². The number of methoxy groups -OCH3 is 1. The average molecular weight is 305 g/mol. The molecule has 0 aromatic heterocycles. The number of urea groups is 1. The van der Waals surface area contributed by atoms with Gasteiger partial charge in [0.1, 0.15) is 5.75 Å². The number of ether oxygens (including phenoxy) is 1. The highest BCUT2D eigenvalue weighted by Crippen LogP contribution is 2.37. The van der Waals surface area contributed by atoms with Crippen molar-refractivity contribution < 1.29 is 14.3 Å². The Morgan fingerprint density at radius 2 is 2.09 bits per heavy atom. The van der Waals surface area contributed by atoms with Gasteiger partial charge in [0.25, 0.3) is 0 Å². The second-order valence-electron chi connectivity index (χ2n) is 5.78. The summed E-state index contributed by atoms with van der Waals surface area (Å²) < 4.78 is 5.44. The molecule has 3 N–H and O–H groups in total. The third-order valence-electron chi connectivity index (χ3n) is 4.03. The van der Waals surface area contributed by atoms with E-state index in [9.17, 15) is 9.59 Å². The van der Waals surface area contributed by atoms with E-state index < -0.39 is 6.03 Å². The summed E-state index contributed by atoms with van der Waals surface area (Å²) in [5, 5.41) is 2.13. The number of para-hydroxylation sites is 1. The Morgan fingerprint density at radius 3 is 2.77 bits per heavy atom. The van der Waals surface area contributed by atoms with Gasteiger partial charge in [0, 0.05) is 18.2 Å². The predicted molar refractivity (Wildman–Crippen MR) is 83.4 cm³/mol. The Morgan fingerprint density at radius 1 is 1.36 bits per heavy atom. The SMILES string of the molecule is COc1ccccc1[C@H]1CC[C@H](C)CN1CC(=O)NC(N)=O. The first kappa shape index (κ1) is 16.3. The third-order valence-corrected chi connectivity index (χ3v) is 4.03. The van der Waals surface area contributed by atoms with Crippen molar-refractivity contribution in [2.45, 2.75) is 25.8 Å². The Balaban J connectivity index is 2.19. The van der Waals surface area contributed by atoms with E-state index in [0.29, 0.717) is 5.92 Å². The number of imide groups is 1. The van der Waals surface area contributed by atoms with Crippen molar-refractivity contribution in [3.05, 3.63) is 29.8 Å². The van der Waals surface area contributed by atoms with Gasteiger partial charge in [-0.1, -0.05) is 25.1 Å². The number of primary amides is 1. The van der Waals surface area contributed by atoms with Crippen LogP contribution in [0.1, 0.15) is 31.4 Å². The number of rotatable bonds is 4. The molecule has 120 valence electrons. The van der Waals surface area contributed by atoms with Crippen LogP contribution in [-0.4, -0.2) is 37.0 Å². The second-order valence-corrected chi connectivity index (χ2v) is 5.78. The minimum Gasteiger partial charge on any atom is -0.496 e. The van der Waals surface area contributed by atoms with Crippen molar-refractivity contribution >= 4 is 11.9 Å². The van der Waals surface area contributed by atoms with E-state index in [1.165, 1.54) is 0 Å². The molecule has 1 aliphatic rings. The van der Waals surface area contributed by atoms with Crippen molar-refractivity contribution in [3.8, 4) is 5.75 Å². The summed E-state index contributed by atoms with van der Waals surface area (Å²) in [5.41, 5.74) is 6.08. The van der Waals surface area contributed by atoms with Crippen LogP contribution < -0.4 is 15.8 Å². The van der Waals surface area contributed by atoms with E-state index in [4.69, 9.17) is 10.5 Å². The smallest absolute Gasteiger partial charge is 0.318 e. The van der Waals surface area contributed by atoms with Gasteiger partial charge in [-0.25, -0.2) is 4.79 Å². The number of benzene rings is 1. The summed E-state index contributed by atoms with van der Waals surface area (Å²) in [6, 6.07) is 7.14. The highest BCUT2D eigenvalue weighted by Gasteiger charge is 2.30. The van der Waals surface area contributed by atoms with Crippen LogP contribution in [-0.2, 0) is 4.79 Å². The minimum atomic E-state index is -0.816. The van der Waals surface area contributed by atoms with E-state index in [1.807, 2.05) is 24.3 Å². The summed E-state index contributed by atoms with van der Waals surface area (Å²) >= 11 is 0. The molecule has 22 heavy (non-hydrogen) atoms. The number of hydrogen-bond acceptors (Lipinski definition) is 4. The van der Waals surface area contributed by atoms with Gasteiger partial charge < -0.3 is 10.5 Å². The third kappa shape index (κ3) is 3.98. The Labute approximate surface area is 130 Å². The zero-order chi connectivity index (χ0) is 16.1. The molecule has 0 aliphatic carbocycles. The largest absolute Gasteiger partial charge is 0.496 e. The number of nitrogens with one attached hydrogen (secondary N) is 1. The van der Waals surface area contributed by atoms with Gasteiger partial charge in [-0.05, 0) is 24.8 Å². The molecule has 1 aliphatic heterocycles. The highest BCUT2D eigenvalue weighted by atomic mass is 16.5. The maximum Gasteiger partial charge on any atom is 0.318 e. The minimum absolute atomic E-state index is 0.103. The molecule has 1 saturated heterocycles. The molecule has 1 heterocycles. The van der Waals surface area contributed by atoms with Gasteiger partial charge >= 0.3 is 6.03 Å². The molecule has 2 rings (SSSR count). The number of amides is 3. The normalized spacial score (nSPS) is 22.1. The fourth-order valence-corrected chi connectivity index (χ4v) is 3.07. The Bertz CT molecular complexity index is 547. The monoisotopic (exact) mass is 305 g/mol. The summed E-state index contributed by atoms with van der Waals surface area (Å²) in [7, 11) is 1.65. The molecule has 0 unspecified atom stereocenters. The maximum atomic E-state index is 11.9. The van der Waals surface area contributed by atoms with Crippen LogP contribution in [0.4, 0.5) is 4.79 Å². The highest BCUT2D eigenvalue weighted by molar-refractivity contribution is 5.94. The van der Waals surface area contributed by atoms with Crippen LogP contribution in [0.5, 0.6) is 5.75 Å².